The van der Waals surface area contributed by atoms with Crippen molar-refractivity contribution in [3.63, 3.8) is 0 Å². The predicted molar refractivity (Wildman–Crippen MR) is 52.5 cm³/mol. The zero-order valence-corrected chi connectivity index (χ0v) is 8.91. The van der Waals surface area contributed by atoms with E-state index in [9.17, 15) is 9.59 Å². The fourth-order valence-electron chi connectivity index (χ4n) is 1.14. The molecule has 5 heteroatoms. The van der Waals surface area contributed by atoms with Crippen LogP contribution in [0.25, 0.3) is 0 Å². The second kappa shape index (κ2) is 3.57. The molecule has 0 aromatic carbocycles. The first-order chi connectivity index (χ1) is 6.37. The van der Waals surface area contributed by atoms with Crippen LogP contribution in [0.5, 0.6) is 0 Å². The van der Waals surface area contributed by atoms with Crippen LogP contribution >= 0.6 is 0 Å². The maximum absolute atomic E-state index is 11.6. The van der Waals surface area contributed by atoms with E-state index >= 15 is 0 Å². The molecular formula is C9H17N3O2. The van der Waals surface area contributed by atoms with Crippen molar-refractivity contribution in [2.24, 2.45) is 5.73 Å². The van der Waals surface area contributed by atoms with Crippen molar-refractivity contribution in [3.05, 3.63) is 0 Å². The van der Waals surface area contributed by atoms with Crippen molar-refractivity contribution in [2.45, 2.75) is 18.4 Å². The molecule has 0 spiro atoms. The molecule has 0 unspecified atom stereocenters. The van der Waals surface area contributed by atoms with Gasteiger partial charge in [0.15, 0.2) is 0 Å². The van der Waals surface area contributed by atoms with Gasteiger partial charge in [-0.2, -0.15) is 0 Å². The lowest BCUT2D eigenvalue weighted by atomic mass is 10.2. The highest BCUT2D eigenvalue weighted by molar-refractivity contribution is 5.92. The summed E-state index contributed by atoms with van der Waals surface area (Å²) in [6.07, 6.45) is 1.46. The highest BCUT2D eigenvalue weighted by atomic mass is 16.2. The number of carbonyl (C=O) groups is 2. The van der Waals surface area contributed by atoms with Crippen LogP contribution in [0.1, 0.15) is 12.8 Å². The Labute approximate surface area is 83.8 Å². The first kappa shape index (κ1) is 11.0. The largest absolute Gasteiger partial charge is 0.347 e. The fraction of sp³-hybridized carbons (Fsp3) is 0.778. The maximum Gasteiger partial charge on any atom is 0.242 e. The van der Waals surface area contributed by atoms with Crippen LogP contribution < -0.4 is 5.73 Å². The van der Waals surface area contributed by atoms with E-state index in [0.29, 0.717) is 0 Å². The Morgan fingerprint density at radius 3 is 2.14 bits per heavy atom. The van der Waals surface area contributed by atoms with Crippen LogP contribution in [0.15, 0.2) is 0 Å². The molecule has 0 aliphatic heterocycles. The molecule has 0 bridgehead atoms. The Morgan fingerprint density at radius 1 is 1.29 bits per heavy atom. The van der Waals surface area contributed by atoms with Gasteiger partial charge in [0.05, 0.1) is 12.1 Å². The standard InChI is InChI=1S/C9H17N3O2/c1-11(2)7(13)6-12(3)8(14)9(10)4-5-9/h4-6,10H2,1-3H3. The lowest BCUT2D eigenvalue weighted by molar-refractivity contribution is -0.139. The van der Waals surface area contributed by atoms with Crippen molar-refractivity contribution in [1.82, 2.24) is 9.80 Å². The summed E-state index contributed by atoms with van der Waals surface area (Å²) >= 11 is 0. The van der Waals surface area contributed by atoms with E-state index < -0.39 is 5.54 Å². The molecule has 2 amide bonds. The van der Waals surface area contributed by atoms with Gasteiger partial charge in [0, 0.05) is 21.1 Å². The quantitative estimate of drug-likeness (QED) is 0.635. The molecule has 1 fully saturated rings. The van der Waals surface area contributed by atoms with Gasteiger partial charge in [-0.3, -0.25) is 9.59 Å². The van der Waals surface area contributed by atoms with Gasteiger partial charge >= 0.3 is 0 Å². The van der Waals surface area contributed by atoms with Crippen molar-refractivity contribution >= 4 is 11.8 Å². The number of likely N-dealkylation sites (N-methyl/N-ethyl adjacent to an activating group) is 2. The molecule has 0 aromatic rings. The Morgan fingerprint density at radius 2 is 1.79 bits per heavy atom. The third-order valence-electron chi connectivity index (χ3n) is 2.43. The molecule has 1 aliphatic carbocycles. The monoisotopic (exact) mass is 199 g/mol. The van der Waals surface area contributed by atoms with Gasteiger partial charge < -0.3 is 15.5 Å². The Balaban J connectivity index is 2.46. The number of amides is 2. The molecular weight excluding hydrogens is 182 g/mol. The van der Waals surface area contributed by atoms with E-state index in [0.717, 1.165) is 12.8 Å². The molecule has 0 aromatic heterocycles. The van der Waals surface area contributed by atoms with Gasteiger partial charge in [0.1, 0.15) is 0 Å². The first-order valence-electron chi connectivity index (χ1n) is 4.61. The smallest absolute Gasteiger partial charge is 0.242 e. The topological polar surface area (TPSA) is 66.6 Å². The molecule has 80 valence electrons. The van der Waals surface area contributed by atoms with Crippen LogP contribution in [0.4, 0.5) is 0 Å². The summed E-state index contributed by atoms with van der Waals surface area (Å²) in [6.45, 7) is 0.102. The Hall–Kier alpha value is -1.10. The van der Waals surface area contributed by atoms with Crippen LogP contribution in [-0.2, 0) is 9.59 Å². The second-order valence-corrected chi connectivity index (χ2v) is 4.11. The summed E-state index contributed by atoms with van der Waals surface area (Å²) in [5, 5.41) is 0. The van der Waals surface area contributed by atoms with E-state index in [1.807, 2.05) is 0 Å². The summed E-state index contributed by atoms with van der Waals surface area (Å²) in [5.41, 5.74) is 5.05. The minimum Gasteiger partial charge on any atom is -0.347 e. The Bertz CT molecular complexity index is 259. The average Bonchev–Trinajstić information content (AvgIpc) is 2.83. The number of hydrogen-bond donors (Lipinski definition) is 1. The first-order valence-corrected chi connectivity index (χ1v) is 4.61. The van der Waals surface area contributed by atoms with Gasteiger partial charge in [0.2, 0.25) is 11.8 Å². The van der Waals surface area contributed by atoms with Gasteiger partial charge in [-0.25, -0.2) is 0 Å². The summed E-state index contributed by atoms with van der Waals surface area (Å²) in [4.78, 5) is 25.8. The lowest BCUT2D eigenvalue weighted by Crippen LogP contribution is -2.47. The van der Waals surface area contributed by atoms with E-state index in [-0.39, 0.29) is 18.4 Å². The van der Waals surface area contributed by atoms with E-state index in [2.05, 4.69) is 0 Å². The predicted octanol–water partition coefficient (Wildman–Crippen LogP) is -0.976. The molecule has 14 heavy (non-hydrogen) atoms. The maximum atomic E-state index is 11.6. The van der Waals surface area contributed by atoms with Crippen LogP contribution in [0.2, 0.25) is 0 Å². The van der Waals surface area contributed by atoms with Gasteiger partial charge in [-0.05, 0) is 12.8 Å². The molecule has 0 atom stereocenters. The van der Waals surface area contributed by atoms with Crippen molar-refractivity contribution in [2.75, 3.05) is 27.7 Å². The Kier molecular flexibility index (Phi) is 2.80. The molecule has 5 nitrogen and oxygen atoms in total. The molecule has 0 saturated heterocycles. The number of nitrogens with zero attached hydrogens (tertiary/aromatic N) is 2. The minimum absolute atomic E-state index is 0.0925. The number of nitrogens with two attached hydrogens (primary N) is 1. The highest BCUT2D eigenvalue weighted by Gasteiger charge is 2.47. The third-order valence-corrected chi connectivity index (χ3v) is 2.43. The zero-order valence-electron chi connectivity index (χ0n) is 8.91. The van der Waals surface area contributed by atoms with Gasteiger partial charge in [-0.1, -0.05) is 0 Å². The van der Waals surface area contributed by atoms with Gasteiger partial charge in [0.25, 0.3) is 0 Å². The molecule has 1 rings (SSSR count). The van der Waals surface area contributed by atoms with Crippen molar-refractivity contribution < 1.29 is 9.59 Å². The normalized spacial score (nSPS) is 17.4. The molecule has 1 saturated carbocycles. The SMILES string of the molecule is CN(C)C(=O)CN(C)C(=O)C1(N)CC1. The fourth-order valence-corrected chi connectivity index (χ4v) is 1.14. The van der Waals surface area contributed by atoms with Crippen molar-refractivity contribution in [3.8, 4) is 0 Å². The van der Waals surface area contributed by atoms with E-state index in [1.54, 1.807) is 21.1 Å². The van der Waals surface area contributed by atoms with Gasteiger partial charge in [-0.15, -0.1) is 0 Å². The highest BCUT2D eigenvalue weighted by Crippen LogP contribution is 2.33. The van der Waals surface area contributed by atoms with E-state index in [1.165, 1.54) is 9.80 Å². The van der Waals surface area contributed by atoms with Crippen LogP contribution in [0, 0.1) is 0 Å². The third kappa shape index (κ3) is 2.23. The lowest BCUT2D eigenvalue weighted by Gasteiger charge is -2.21. The molecule has 0 radical (unpaired) electrons. The van der Waals surface area contributed by atoms with Crippen LogP contribution in [0.3, 0.4) is 0 Å². The summed E-state index contributed by atoms with van der Waals surface area (Å²) in [7, 11) is 4.93. The summed E-state index contributed by atoms with van der Waals surface area (Å²) in [6, 6.07) is 0. The number of carbonyl (C=O) groups excluding carboxylic acids is 2. The van der Waals surface area contributed by atoms with E-state index in [4.69, 9.17) is 5.73 Å². The van der Waals surface area contributed by atoms with Crippen LogP contribution in [-0.4, -0.2) is 54.8 Å². The number of hydrogen-bond acceptors (Lipinski definition) is 3. The number of rotatable bonds is 3. The minimum atomic E-state index is -0.679. The second-order valence-electron chi connectivity index (χ2n) is 4.11. The average molecular weight is 199 g/mol. The van der Waals surface area contributed by atoms with Crippen molar-refractivity contribution in [1.29, 1.82) is 0 Å². The zero-order chi connectivity index (χ0) is 10.9. The molecule has 0 heterocycles. The molecule has 1 aliphatic rings. The summed E-state index contributed by atoms with van der Waals surface area (Å²) < 4.78 is 0. The molecule has 2 N–H and O–H groups in total. The summed E-state index contributed by atoms with van der Waals surface area (Å²) in [5.74, 6) is -0.224.